The molecule has 134 heavy (non-hydrogen) atoms. The molecule has 3 aromatic carbocycles. The maximum absolute atomic E-state index is 12.2. The number of nitro groups is 2. The summed E-state index contributed by atoms with van der Waals surface area (Å²) in [4.78, 5) is 52.2. The summed E-state index contributed by atoms with van der Waals surface area (Å²) in [6, 6.07) is 21.6. The van der Waals surface area contributed by atoms with Gasteiger partial charge in [0.25, 0.3) is 11.4 Å². The number of hydrogen-bond acceptors (Lipinski definition) is 19. The van der Waals surface area contributed by atoms with Crippen molar-refractivity contribution in [1.82, 2.24) is 45.0 Å². The van der Waals surface area contributed by atoms with Gasteiger partial charge < -0.3 is 35.6 Å². The molecule has 0 amide bonds. The summed E-state index contributed by atoms with van der Waals surface area (Å²) in [6.07, 6.45) is -8.01. The number of rotatable bonds is 25. The molecular weight excluding hydrogens is 7710 g/mol. The van der Waals surface area contributed by atoms with E-state index in [4.69, 9.17) is 40.5 Å². The van der Waals surface area contributed by atoms with Crippen molar-refractivity contribution >= 4 is 807 Å². The van der Waals surface area contributed by atoms with Crippen LogP contribution in [-0.2, 0) is 18.5 Å². The van der Waals surface area contributed by atoms with Crippen LogP contribution in [0.1, 0.15) is 16.7 Å². The van der Waals surface area contributed by atoms with Gasteiger partial charge in [0.2, 0.25) is 5.28 Å². The van der Waals surface area contributed by atoms with E-state index in [1.165, 1.54) is 17.4 Å². The number of nitrogens with one attached hydrogen (secondary N) is 1. The topological polar surface area (TPSA) is 218 Å². The number of alkyl halides is 9. The summed E-state index contributed by atoms with van der Waals surface area (Å²) in [5.41, 5.74) is 7.31. The number of likely N-dealkylation sites (N-methyl/N-ethyl adjacent to an activating group) is 2. The quantitative estimate of drug-likeness (QED) is 0.00796. The predicted molar refractivity (Wildman–Crippen MR) is 994 cm³/mol. The monoisotopic (exact) mass is 7760 g/mol. The molecule has 0 atom stereocenters. The number of hydrogen-bond donors (Lipinski definition) is 2. The van der Waals surface area contributed by atoms with Crippen molar-refractivity contribution in [3.8, 4) is 0 Å². The molecule has 3 N–H and O–H groups in total. The first-order chi connectivity index (χ1) is 61.6. The first-order valence-corrected chi connectivity index (χ1v) is 325. The van der Waals surface area contributed by atoms with Gasteiger partial charge in [-0.1, -0.05) is 46.7 Å². The second-order valence-electron chi connectivity index (χ2n) is 20.8. The van der Waals surface area contributed by atoms with E-state index in [-0.39, 0.29) is 190 Å². The molecule has 3 aliphatic rings. The number of nitrogens with two attached hydrogens (primary N) is 1. The zero-order chi connectivity index (χ0) is 103. The zero-order valence-electron chi connectivity index (χ0n) is 63.7. The smallest absolute Gasteiger partial charge is 0.269 e. The molecule has 9 rings (SSSR count). The minimum absolute atomic E-state index is 0. The number of nitrogen functional groups attached to an aromatic ring is 1. The molecule has 0 unspecified atom stereocenters. The van der Waals surface area contributed by atoms with Crippen LogP contribution in [0.3, 0.4) is 0 Å². The number of nitrogens with zero attached hydrogens (tertiary/aromatic N) is 13. The van der Waals surface area contributed by atoms with Crippen molar-refractivity contribution in [2.45, 2.75) is 28.8 Å². The van der Waals surface area contributed by atoms with Crippen LogP contribution in [0.4, 0.5) is 73.6 Å². The van der Waals surface area contributed by atoms with Gasteiger partial charge in [0.05, 0.1) is 9.85 Å². The van der Waals surface area contributed by atoms with Crippen molar-refractivity contribution in [1.29, 1.82) is 0 Å². The molecule has 85 heteroatoms. The molecule has 0 radical (unpaired) electrons. The van der Waals surface area contributed by atoms with Gasteiger partial charge in [-0.05, 0) is 109 Å². The maximum atomic E-state index is 12.2. The molecule has 6 aromatic rings. The summed E-state index contributed by atoms with van der Waals surface area (Å²) in [7, 11) is -2.32. The minimum atomic E-state index is -4.54. The second-order valence-corrected chi connectivity index (χ2v) is 1030. The Morgan fingerprint density at radius 1 is 0.396 bits per heavy atom. The molecule has 3 fully saturated rings. The Morgan fingerprint density at radius 3 is 0.918 bits per heavy atom. The van der Waals surface area contributed by atoms with E-state index in [0.717, 1.165) is 114 Å². The molecule has 3 aromatic heterocycles. The Hall–Kier alpha value is 31.2. The first kappa shape index (κ1) is 167. The summed E-state index contributed by atoms with van der Waals surface area (Å²) in [5, 5.41) is 23.2. The summed E-state index contributed by atoms with van der Waals surface area (Å²) in [6.45, 7) is 12.4. The molecule has 0 bridgehead atoms. The largest absolute Gasteiger partial charge is 0.369 e. The summed E-state index contributed by atoms with van der Waals surface area (Å²) < 4.78 is 109. The average Bonchev–Trinajstić information content (AvgIpc) is 0.831. The van der Waals surface area contributed by atoms with Crippen LogP contribution < -0.4 is 52.3 Å². The molecule has 0 saturated carbocycles. The van der Waals surface area contributed by atoms with Crippen LogP contribution in [0.2, 0.25) is 15.6 Å². The molecule has 19 nitrogen and oxygen atoms in total. The van der Waals surface area contributed by atoms with E-state index >= 15 is 0 Å². The Bertz CT molecular complexity index is 4160. The van der Waals surface area contributed by atoms with Crippen LogP contribution >= 0.6 is 772 Å². The molecule has 6 heterocycles. The fourth-order valence-corrected chi connectivity index (χ4v) is 5460. The molecule has 3 saturated heterocycles. The Labute approximate surface area is 1180 Å². The van der Waals surface area contributed by atoms with Gasteiger partial charge in [-0.3, -0.25) is 20.2 Å². The third-order valence-electron chi connectivity index (χ3n) is 13.1. The number of benzene rings is 3. The van der Waals surface area contributed by atoms with E-state index in [0.29, 0.717) is 44.1 Å². The van der Waals surface area contributed by atoms with Crippen LogP contribution in [0.5, 0.6) is 0 Å². The van der Waals surface area contributed by atoms with Crippen molar-refractivity contribution in [3.63, 3.8) is 0 Å². The number of nitro benzene ring substituents is 2. The van der Waals surface area contributed by atoms with E-state index in [1.54, 1.807) is 59.4 Å². The van der Waals surface area contributed by atoms with Crippen molar-refractivity contribution < 1.29 is 75.9 Å². The molecular formula is C49H55Cl4F9I51N15O4S2-2. The predicted octanol–water partition coefficient (Wildman–Crippen LogP) is 48.8. The molecule has 0 spiro atoms. The first-order valence-electron chi connectivity index (χ1n) is 30.8. The van der Waals surface area contributed by atoms with Crippen LogP contribution in [-0.4, -0.2) is 155 Å². The third kappa shape index (κ3) is 75.7. The SMILES string of the molecule is CN1CCN(c2ccc(N)cc2)CC1.CN1CCN(c2ccc([N+](=O)[O-])cc2)CC1.CSc1ncc(C(F)(F)F)c(Cl)n1.CSc1ncc(C(F)(F)F)c(I)n1.Cl.FC(F)(F)c1cnc(Cl)nc1Cl.II(I)I(I)I(I)I(I)I(I)I.II(I)I(I)I(I)I(I)I(I)I(I)I.I[I-]I(I)I(I)I(I)I(I)I.I[I-]I(I)I(I)I(I)I(I)I(I)I.O=[N+]([O-])c1ccc(N2CCNCC2)cc1. The fraction of sp³-hybridized carbons (Fsp3) is 0.388. The number of anilines is 4. The summed E-state index contributed by atoms with van der Waals surface area (Å²) >= 11 is 102. The van der Waals surface area contributed by atoms with Gasteiger partial charge in [0.15, 0.2) is 10.3 Å². The van der Waals surface area contributed by atoms with Gasteiger partial charge in [-0.25, -0.2) is 29.9 Å². The van der Waals surface area contributed by atoms with Gasteiger partial charge in [-0.2, -0.15) is 39.5 Å². The number of thioether (sulfide) groups is 2. The third-order valence-corrected chi connectivity index (χ3v) is 2820. The average molecular weight is 7770 g/mol. The number of aromatic nitrogens is 6. The summed E-state index contributed by atoms with van der Waals surface area (Å²) in [5.74, 6) is 0. The van der Waals surface area contributed by atoms with Crippen LogP contribution in [0, 0.1) is 23.9 Å². The zero-order valence-corrected chi connectivity index (χ0v) is 178. The molecule has 3 aliphatic heterocycles. The van der Waals surface area contributed by atoms with Gasteiger partial charge in [0.1, 0.15) is 30.7 Å². The Balaban J connectivity index is 0. The van der Waals surface area contributed by atoms with E-state index < -0.39 is 61.3 Å². The fourth-order valence-electron chi connectivity index (χ4n) is 7.51. The maximum Gasteiger partial charge on any atom is 0.269 e. The van der Waals surface area contributed by atoms with Crippen molar-refractivity contribution in [3.05, 3.63) is 148 Å². The second kappa shape index (κ2) is 96.2. The van der Waals surface area contributed by atoms with Crippen LogP contribution in [0.25, 0.3) is 0 Å². The van der Waals surface area contributed by atoms with Crippen LogP contribution in [0.15, 0.2) is 102 Å². The van der Waals surface area contributed by atoms with E-state index in [9.17, 15) is 59.7 Å². The van der Waals surface area contributed by atoms with Gasteiger partial charge in [0, 0.05) is 144 Å². The van der Waals surface area contributed by atoms with Crippen molar-refractivity contribution in [2.24, 2.45) is 0 Å². The molecule has 0 aliphatic carbocycles. The Morgan fingerprint density at radius 2 is 0.649 bits per heavy atom. The van der Waals surface area contributed by atoms with Gasteiger partial charge >= 0.3 is 724 Å². The van der Waals surface area contributed by atoms with E-state index in [1.807, 2.05) is 36.4 Å². The molecule has 812 valence electrons. The van der Waals surface area contributed by atoms with Gasteiger partial charge in [-0.15, -0.1) is 12.4 Å². The van der Waals surface area contributed by atoms with Crippen molar-refractivity contribution in [2.75, 3.05) is 126 Å². The number of piperazine rings is 3. The number of halogens is 64. The standard InChI is InChI=1S/C11H15N3O2.C11H17N3.C10H13N3O2.C6H4ClF3N2S.C6H4F3IN2S.C5HCl2F3N2.ClH.I14.I13.I12.I11/c1-12-6-8-13(9-7-12)10-2-4-11(5-3-10)14(15)16;1-13-6-8-14(9-7-13)11-4-2-10(12)3-5-11;14-13(15)10-3-1-9(2-4-10)12-7-5-11-6-8-12;1-13-5-11-2-3(4(7)12-5)6(8,9)10;1-13-5-11-2-3(4(10)12-5)6(7,8)9;6-3-2(5(8,9)10)1-11-4(7)12-3;;1-9(2)11(5)13(7)14(8)12(6)10(3)4;1-8-10(4)12(6)13(7)11(5)9(2)3;1-8(2)10(5)12(7)11(6)9(3)4;1-7-9(4)11(6)10(5)8(2)3/h2-5H,6-9H2,1H3;2-5H,6-9,12H2,1H3;1-4,11H,5-8H2;2*2H,1H3;1H;1H;;;;/q;;;;;;;;-1;;-1. The number of non-ortho nitro benzene ring substituents is 2. The normalized spacial score (nSPS) is 15.4. The Kier molecular flexibility index (Phi) is 120. The van der Waals surface area contributed by atoms with E-state index in [2.05, 4.69) is 607 Å². The minimum Gasteiger partial charge on any atom is -0.369 e.